The molecule has 2 rings (SSSR count). The van der Waals surface area contributed by atoms with E-state index in [1.165, 1.54) is 11.8 Å². The van der Waals surface area contributed by atoms with Gasteiger partial charge in [-0.3, -0.25) is 5.10 Å². The zero-order valence-corrected chi connectivity index (χ0v) is 15.4. The Balaban J connectivity index is 0.00000242. The predicted octanol–water partition coefficient (Wildman–Crippen LogP) is 1.64. The second-order valence-electron chi connectivity index (χ2n) is 6.84. The maximum Gasteiger partial charge on any atom is 0.211 e. The van der Waals surface area contributed by atoms with Gasteiger partial charge in [0.25, 0.3) is 0 Å². The highest BCUT2D eigenvalue weighted by atomic mass is 35.5. The van der Waals surface area contributed by atoms with Crippen LogP contribution in [0.1, 0.15) is 44.9 Å². The molecule has 0 radical (unpaired) electrons. The molecule has 8 heteroatoms. The first-order valence-corrected chi connectivity index (χ1v) is 9.24. The second-order valence-corrected chi connectivity index (χ2v) is 8.82. The predicted molar refractivity (Wildman–Crippen MR) is 90.8 cm³/mol. The maximum atomic E-state index is 11.5. The van der Waals surface area contributed by atoms with Crippen LogP contribution in [0.25, 0.3) is 0 Å². The van der Waals surface area contributed by atoms with Crippen molar-refractivity contribution in [2.24, 2.45) is 0 Å². The van der Waals surface area contributed by atoms with E-state index in [9.17, 15) is 8.42 Å². The summed E-state index contributed by atoms with van der Waals surface area (Å²) in [5, 5.41) is 10.8. The molecule has 1 aromatic heterocycles. The standard InChI is InChI=1S/C14H26N4O2S.ClH/c1-14(2,3)13-11(10-16-17-13)9-15-12-5-7-18(8-6-12)21(4,19)20;/h10,12,15H,5-9H2,1-4H3,(H,16,17);1H. The molecule has 0 spiro atoms. The van der Waals surface area contributed by atoms with E-state index in [1.54, 1.807) is 4.31 Å². The van der Waals surface area contributed by atoms with Crippen molar-refractivity contribution in [1.82, 2.24) is 19.8 Å². The van der Waals surface area contributed by atoms with Gasteiger partial charge in [-0.2, -0.15) is 5.10 Å². The van der Waals surface area contributed by atoms with Gasteiger partial charge >= 0.3 is 0 Å². The van der Waals surface area contributed by atoms with Gasteiger partial charge in [0, 0.05) is 42.3 Å². The first-order valence-electron chi connectivity index (χ1n) is 7.39. The number of hydrogen-bond acceptors (Lipinski definition) is 4. The lowest BCUT2D eigenvalue weighted by atomic mass is 9.89. The average molecular weight is 351 g/mol. The highest BCUT2D eigenvalue weighted by Gasteiger charge is 2.25. The van der Waals surface area contributed by atoms with Gasteiger partial charge < -0.3 is 5.32 Å². The topological polar surface area (TPSA) is 78.1 Å². The van der Waals surface area contributed by atoms with E-state index in [0.717, 1.165) is 25.1 Å². The number of aromatic amines is 1. The largest absolute Gasteiger partial charge is 0.310 e. The summed E-state index contributed by atoms with van der Waals surface area (Å²) in [4.78, 5) is 0. The summed E-state index contributed by atoms with van der Waals surface area (Å²) in [5.74, 6) is 0. The lowest BCUT2D eigenvalue weighted by Gasteiger charge is -2.31. The molecule has 0 atom stereocenters. The zero-order chi connectivity index (χ0) is 15.7. The molecule has 1 fully saturated rings. The number of aromatic nitrogens is 2. The lowest BCUT2D eigenvalue weighted by molar-refractivity contribution is 0.289. The van der Waals surface area contributed by atoms with E-state index < -0.39 is 10.0 Å². The number of sulfonamides is 1. The Labute approximate surface area is 139 Å². The number of piperidine rings is 1. The second kappa shape index (κ2) is 7.29. The Morgan fingerprint density at radius 1 is 1.36 bits per heavy atom. The van der Waals surface area contributed by atoms with E-state index in [1.807, 2.05) is 6.20 Å². The Kier molecular flexibility index (Phi) is 6.44. The molecule has 0 aliphatic carbocycles. The van der Waals surface area contributed by atoms with Gasteiger partial charge in [-0.15, -0.1) is 12.4 Å². The molecular weight excluding hydrogens is 324 g/mol. The number of H-pyrrole nitrogens is 1. The molecule has 0 bridgehead atoms. The Hall–Kier alpha value is -0.630. The molecule has 1 saturated heterocycles. The van der Waals surface area contributed by atoms with Crippen LogP contribution in [0.15, 0.2) is 6.20 Å². The summed E-state index contributed by atoms with van der Waals surface area (Å²) >= 11 is 0. The molecule has 2 heterocycles. The summed E-state index contributed by atoms with van der Waals surface area (Å²) in [7, 11) is -3.04. The highest BCUT2D eigenvalue weighted by molar-refractivity contribution is 7.88. The fraction of sp³-hybridized carbons (Fsp3) is 0.786. The number of nitrogens with zero attached hydrogens (tertiary/aromatic N) is 2. The number of hydrogen-bond donors (Lipinski definition) is 2. The minimum Gasteiger partial charge on any atom is -0.310 e. The third-order valence-electron chi connectivity index (χ3n) is 3.97. The minimum atomic E-state index is -3.04. The summed E-state index contributed by atoms with van der Waals surface area (Å²) in [6.07, 6.45) is 4.87. The van der Waals surface area contributed by atoms with Crippen LogP contribution in [0.5, 0.6) is 0 Å². The maximum absolute atomic E-state index is 11.5. The van der Waals surface area contributed by atoms with Crippen LogP contribution >= 0.6 is 12.4 Å². The number of nitrogens with one attached hydrogen (secondary N) is 2. The lowest BCUT2D eigenvalue weighted by Crippen LogP contribution is -2.44. The molecule has 1 aromatic rings. The fourth-order valence-corrected chi connectivity index (χ4v) is 3.61. The molecule has 128 valence electrons. The molecule has 1 aliphatic heterocycles. The molecule has 0 amide bonds. The van der Waals surface area contributed by atoms with Crippen LogP contribution in [0.4, 0.5) is 0 Å². The van der Waals surface area contributed by atoms with Crippen LogP contribution in [-0.4, -0.2) is 48.3 Å². The Bertz CT molecular complexity index is 572. The van der Waals surface area contributed by atoms with E-state index in [0.29, 0.717) is 19.1 Å². The summed E-state index contributed by atoms with van der Waals surface area (Å²) < 4.78 is 24.5. The van der Waals surface area contributed by atoms with Crippen LogP contribution in [0.2, 0.25) is 0 Å². The molecule has 22 heavy (non-hydrogen) atoms. The summed E-state index contributed by atoms with van der Waals surface area (Å²) in [5.41, 5.74) is 2.39. The van der Waals surface area contributed by atoms with Crippen LogP contribution in [0, 0.1) is 0 Å². The number of halogens is 1. The van der Waals surface area contributed by atoms with Gasteiger partial charge in [-0.1, -0.05) is 20.8 Å². The smallest absolute Gasteiger partial charge is 0.211 e. The van der Waals surface area contributed by atoms with Gasteiger partial charge in [-0.25, -0.2) is 12.7 Å². The minimum absolute atomic E-state index is 0. The van der Waals surface area contributed by atoms with E-state index in [4.69, 9.17) is 0 Å². The van der Waals surface area contributed by atoms with Crippen LogP contribution < -0.4 is 5.32 Å². The van der Waals surface area contributed by atoms with Crippen LogP contribution in [-0.2, 0) is 22.0 Å². The Morgan fingerprint density at radius 3 is 2.45 bits per heavy atom. The van der Waals surface area contributed by atoms with E-state index >= 15 is 0 Å². The summed E-state index contributed by atoms with van der Waals surface area (Å²) in [6, 6.07) is 0.366. The SMILES string of the molecule is CC(C)(C)c1[nH]ncc1CNC1CCN(S(C)(=O)=O)CC1.Cl. The van der Waals surface area contributed by atoms with Crippen molar-refractivity contribution >= 4 is 22.4 Å². The average Bonchev–Trinajstić information content (AvgIpc) is 2.84. The Morgan fingerprint density at radius 2 is 1.95 bits per heavy atom. The van der Waals surface area contributed by atoms with E-state index in [-0.39, 0.29) is 17.8 Å². The molecule has 0 aromatic carbocycles. The quantitative estimate of drug-likeness (QED) is 0.865. The van der Waals surface area contributed by atoms with Gasteiger partial charge in [0.15, 0.2) is 0 Å². The van der Waals surface area contributed by atoms with Gasteiger partial charge in [0.1, 0.15) is 0 Å². The normalized spacial score (nSPS) is 18.2. The van der Waals surface area contributed by atoms with Gasteiger partial charge in [0.05, 0.1) is 12.5 Å². The first-order chi connectivity index (χ1) is 9.68. The van der Waals surface area contributed by atoms with Crippen molar-refractivity contribution < 1.29 is 8.42 Å². The van der Waals surface area contributed by atoms with Crippen molar-refractivity contribution in [3.8, 4) is 0 Å². The molecule has 1 aliphatic rings. The van der Waals surface area contributed by atoms with Crippen molar-refractivity contribution in [3.63, 3.8) is 0 Å². The molecule has 0 saturated carbocycles. The summed E-state index contributed by atoms with van der Waals surface area (Å²) in [6.45, 7) is 8.46. The monoisotopic (exact) mass is 350 g/mol. The molecular formula is C14H27ClN4O2S. The van der Waals surface area contributed by atoms with Crippen molar-refractivity contribution in [3.05, 3.63) is 17.5 Å². The zero-order valence-electron chi connectivity index (χ0n) is 13.7. The van der Waals surface area contributed by atoms with Crippen molar-refractivity contribution in [2.45, 2.75) is 51.6 Å². The third kappa shape index (κ3) is 4.94. The van der Waals surface area contributed by atoms with Crippen LogP contribution in [0.3, 0.4) is 0 Å². The molecule has 2 N–H and O–H groups in total. The van der Waals surface area contributed by atoms with Gasteiger partial charge in [0.2, 0.25) is 10.0 Å². The first kappa shape index (κ1) is 19.4. The fourth-order valence-electron chi connectivity index (χ4n) is 2.74. The van der Waals surface area contributed by atoms with Crippen molar-refractivity contribution in [1.29, 1.82) is 0 Å². The highest BCUT2D eigenvalue weighted by Crippen LogP contribution is 2.23. The third-order valence-corrected chi connectivity index (χ3v) is 5.28. The van der Waals surface area contributed by atoms with E-state index in [2.05, 4.69) is 36.3 Å². The molecule has 6 nitrogen and oxygen atoms in total. The van der Waals surface area contributed by atoms with Gasteiger partial charge in [-0.05, 0) is 12.8 Å². The molecule has 0 unspecified atom stereocenters. The number of rotatable bonds is 4. The van der Waals surface area contributed by atoms with Crippen molar-refractivity contribution in [2.75, 3.05) is 19.3 Å².